The molecule has 0 amide bonds. The van der Waals surface area contributed by atoms with Crippen LogP contribution >= 0.6 is 0 Å². The van der Waals surface area contributed by atoms with Crippen molar-refractivity contribution in [2.24, 2.45) is 5.18 Å². The lowest BCUT2D eigenvalue weighted by Crippen LogP contribution is -2.53. The van der Waals surface area contributed by atoms with Gasteiger partial charge in [0.15, 0.2) is 12.3 Å². The Balaban J connectivity index is 2.89. The summed E-state index contributed by atoms with van der Waals surface area (Å²) in [6, 6.07) is 0. The van der Waals surface area contributed by atoms with Gasteiger partial charge in [-0.05, 0) is 11.6 Å². The van der Waals surface area contributed by atoms with Gasteiger partial charge in [-0.3, -0.25) is 4.79 Å². The smallest absolute Gasteiger partial charge is 0.305 e. The standard InChI is InChI=1S/C8H10F3NO3/c1-4(13)15-8(12-14)3-2-5(9)6(10)7(8)11/h5-7H,2-3H2,1H3. The van der Waals surface area contributed by atoms with Crippen LogP contribution in [0.15, 0.2) is 5.18 Å². The number of nitroso groups, excluding NO2 is 1. The fraction of sp³-hybridized carbons (Fsp3) is 0.875. The van der Waals surface area contributed by atoms with Gasteiger partial charge in [0, 0.05) is 13.3 Å². The summed E-state index contributed by atoms with van der Waals surface area (Å²) >= 11 is 0. The summed E-state index contributed by atoms with van der Waals surface area (Å²) in [5.74, 6) is -0.957. The van der Waals surface area contributed by atoms with Crippen LogP contribution in [0.4, 0.5) is 13.2 Å². The monoisotopic (exact) mass is 225 g/mol. The number of ether oxygens (including phenoxy) is 1. The first-order valence-electron chi connectivity index (χ1n) is 4.39. The molecule has 0 aliphatic heterocycles. The molecule has 0 spiro atoms. The van der Waals surface area contributed by atoms with Crippen LogP contribution in [-0.2, 0) is 9.53 Å². The Hall–Kier alpha value is -1.14. The van der Waals surface area contributed by atoms with Crippen LogP contribution < -0.4 is 0 Å². The highest BCUT2D eigenvalue weighted by atomic mass is 19.2. The third kappa shape index (κ3) is 2.10. The van der Waals surface area contributed by atoms with Crippen molar-refractivity contribution < 1.29 is 22.7 Å². The molecule has 7 heteroatoms. The van der Waals surface area contributed by atoms with Gasteiger partial charge in [0.2, 0.25) is 0 Å². The van der Waals surface area contributed by atoms with Crippen LogP contribution in [0.1, 0.15) is 19.8 Å². The molecule has 0 radical (unpaired) electrons. The zero-order chi connectivity index (χ0) is 11.6. The van der Waals surface area contributed by atoms with Crippen LogP contribution in [0.2, 0.25) is 0 Å². The minimum atomic E-state index is -2.55. The number of alkyl halides is 3. The second kappa shape index (κ2) is 4.16. The molecule has 0 aromatic carbocycles. The first-order chi connectivity index (χ1) is 6.93. The van der Waals surface area contributed by atoms with Gasteiger partial charge in [-0.25, -0.2) is 13.2 Å². The molecule has 1 rings (SSSR count). The van der Waals surface area contributed by atoms with Crippen LogP contribution in [-0.4, -0.2) is 30.2 Å². The Kier molecular flexibility index (Phi) is 3.31. The fourth-order valence-electron chi connectivity index (χ4n) is 1.54. The SMILES string of the molecule is CC(=O)OC1(N=O)CCC(F)C(F)C1F. The number of carbonyl (C=O) groups excluding carboxylic acids is 1. The lowest BCUT2D eigenvalue weighted by Gasteiger charge is -2.36. The van der Waals surface area contributed by atoms with Crippen LogP contribution in [0.25, 0.3) is 0 Å². The Bertz CT molecular complexity index is 276. The summed E-state index contributed by atoms with van der Waals surface area (Å²) in [4.78, 5) is 21.0. The number of hydrogen-bond donors (Lipinski definition) is 0. The van der Waals surface area contributed by atoms with Crippen molar-refractivity contribution in [3.63, 3.8) is 0 Å². The molecule has 1 aliphatic carbocycles. The molecule has 15 heavy (non-hydrogen) atoms. The van der Waals surface area contributed by atoms with Crippen molar-refractivity contribution in [1.29, 1.82) is 0 Å². The number of carbonyl (C=O) groups is 1. The summed E-state index contributed by atoms with van der Waals surface area (Å²) in [6.45, 7) is 0.939. The van der Waals surface area contributed by atoms with Gasteiger partial charge in [-0.1, -0.05) is 0 Å². The van der Waals surface area contributed by atoms with Gasteiger partial charge in [-0.15, -0.1) is 4.91 Å². The average Bonchev–Trinajstić information content (AvgIpc) is 2.19. The van der Waals surface area contributed by atoms with Gasteiger partial charge < -0.3 is 4.74 Å². The van der Waals surface area contributed by atoms with Crippen molar-refractivity contribution in [2.75, 3.05) is 0 Å². The first kappa shape index (κ1) is 11.9. The molecule has 0 heterocycles. The molecule has 4 unspecified atom stereocenters. The average molecular weight is 225 g/mol. The minimum absolute atomic E-state index is 0.402. The molecule has 0 N–H and O–H groups in total. The quantitative estimate of drug-likeness (QED) is 0.532. The molecular weight excluding hydrogens is 215 g/mol. The van der Waals surface area contributed by atoms with Crippen molar-refractivity contribution in [3.05, 3.63) is 4.91 Å². The zero-order valence-corrected chi connectivity index (χ0v) is 7.95. The van der Waals surface area contributed by atoms with Crippen molar-refractivity contribution >= 4 is 5.97 Å². The second-order valence-electron chi connectivity index (χ2n) is 3.43. The first-order valence-corrected chi connectivity index (χ1v) is 4.39. The van der Waals surface area contributed by atoms with Crippen molar-refractivity contribution in [2.45, 2.75) is 44.0 Å². The van der Waals surface area contributed by atoms with E-state index in [1.165, 1.54) is 0 Å². The summed E-state index contributed by atoms with van der Waals surface area (Å²) in [7, 11) is 0. The number of halogens is 3. The van der Waals surface area contributed by atoms with E-state index in [0.717, 1.165) is 6.92 Å². The maximum absolute atomic E-state index is 13.3. The van der Waals surface area contributed by atoms with E-state index >= 15 is 0 Å². The van der Waals surface area contributed by atoms with Gasteiger partial charge in [0.05, 0.1) is 0 Å². The molecule has 0 bridgehead atoms. The predicted octanol–water partition coefficient (Wildman–Crippen LogP) is 1.82. The summed E-state index contributed by atoms with van der Waals surface area (Å²) in [6.07, 6.45) is -7.89. The van der Waals surface area contributed by atoms with E-state index in [9.17, 15) is 22.9 Å². The topological polar surface area (TPSA) is 55.7 Å². The molecular formula is C8H10F3NO3. The predicted molar refractivity (Wildman–Crippen MR) is 44.2 cm³/mol. The third-order valence-corrected chi connectivity index (χ3v) is 2.31. The normalized spacial score (nSPS) is 40.9. The van der Waals surface area contributed by atoms with Gasteiger partial charge >= 0.3 is 5.97 Å². The Morgan fingerprint density at radius 3 is 2.53 bits per heavy atom. The molecule has 86 valence electrons. The molecule has 1 saturated carbocycles. The highest BCUT2D eigenvalue weighted by molar-refractivity contribution is 5.66. The maximum Gasteiger partial charge on any atom is 0.305 e. The fourth-order valence-corrected chi connectivity index (χ4v) is 1.54. The molecule has 1 aliphatic rings. The maximum atomic E-state index is 13.3. The zero-order valence-electron chi connectivity index (χ0n) is 7.95. The van der Waals surface area contributed by atoms with Gasteiger partial charge in [-0.2, -0.15) is 0 Å². The lowest BCUT2D eigenvalue weighted by atomic mass is 9.87. The van der Waals surface area contributed by atoms with Crippen molar-refractivity contribution in [3.8, 4) is 0 Å². The molecule has 0 aromatic rings. The number of hydrogen-bond acceptors (Lipinski definition) is 4. The van der Waals surface area contributed by atoms with Crippen LogP contribution in [0.5, 0.6) is 0 Å². The lowest BCUT2D eigenvalue weighted by molar-refractivity contribution is -0.179. The Morgan fingerprint density at radius 2 is 2.07 bits per heavy atom. The molecule has 0 aromatic heterocycles. The minimum Gasteiger partial charge on any atom is -0.430 e. The van der Waals surface area contributed by atoms with E-state index < -0.39 is 43.1 Å². The number of nitrogens with zero attached hydrogens (tertiary/aromatic N) is 1. The van der Waals surface area contributed by atoms with Crippen LogP contribution in [0.3, 0.4) is 0 Å². The molecule has 4 atom stereocenters. The second-order valence-corrected chi connectivity index (χ2v) is 3.43. The number of esters is 1. The molecule has 0 saturated heterocycles. The highest BCUT2D eigenvalue weighted by Gasteiger charge is 2.55. The van der Waals surface area contributed by atoms with E-state index in [1.807, 2.05) is 0 Å². The van der Waals surface area contributed by atoms with E-state index in [1.54, 1.807) is 0 Å². The number of rotatable bonds is 2. The van der Waals surface area contributed by atoms with Gasteiger partial charge in [0.1, 0.15) is 6.17 Å². The van der Waals surface area contributed by atoms with E-state index in [0.29, 0.717) is 0 Å². The highest BCUT2D eigenvalue weighted by Crippen LogP contribution is 2.38. The third-order valence-electron chi connectivity index (χ3n) is 2.31. The summed E-state index contributed by atoms with van der Waals surface area (Å²) < 4.78 is 43.4. The summed E-state index contributed by atoms with van der Waals surface area (Å²) in [5, 5.41) is 2.31. The van der Waals surface area contributed by atoms with E-state index in [4.69, 9.17) is 0 Å². The van der Waals surface area contributed by atoms with E-state index in [-0.39, 0.29) is 0 Å². The Labute approximate surface area is 83.8 Å². The molecule has 1 fully saturated rings. The summed E-state index contributed by atoms with van der Waals surface area (Å²) in [5.41, 5.74) is -2.41. The Morgan fingerprint density at radius 1 is 1.47 bits per heavy atom. The van der Waals surface area contributed by atoms with Crippen molar-refractivity contribution in [1.82, 2.24) is 0 Å². The van der Waals surface area contributed by atoms with E-state index in [2.05, 4.69) is 9.91 Å². The van der Waals surface area contributed by atoms with Crippen LogP contribution in [0, 0.1) is 4.91 Å². The largest absolute Gasteiger partial charge is 0.430 e. The molecule has 4 nitrogen and oxygen atoms in total. The van der Waals surface area contributed by atoms with Gasteiger partial charge in [0.25, 0.3) is 5.72 Å².